The van der Waals surface area contributed by atoms with E-state index in [0.717, 1.165) is 45.2 Å². The second kappa shape index (κ2) is 4.30. The van der Waals surface area contributed by atoms with Crippen molar-refractivity contribution in [3.8, 4) is 0 Å². The van der Waals surface area contributed by atoms with Gasteiger partial charge in [-0.1, -0.05) is 6.92 Å². The number of carbonyl (C=O) groups excluding carboxylic acids is 1. The first-order valence-corrected chi connectivity index (χ1v) is 8.41. The third kappa shape index (κ3) is 1.57. The molecule has 3 saturated carbocycles. The summed E-state index contributed by atoms with van der Waals surface area (Å²) in [4.78, 5) is 15.1. The minimum absolute atomic E-state index is 0.0376. The van der Waals surface area contributed by atoms with Crippen molar-refractivity contribution in [1.29, 1.82) is 0 Å². The number of nitrogens with zero attached hydrogens (tertiary/aromatic N) is 1. The van der Waals surface area contributed by atoms with Crippen LogP contribution >= 0.6 is 0 Å². The predicted octanol–water partition coefficient (Wildman–Crippen LogP) is 1.94. The quantitative estimate of drug-likeness (QED) is 0.735. The summed E-state index contributed by atoms with van der Waals surface area (Å²) >= 11 is 0. The molecule has 2 unspecified atom stereocenters. The Hall–Kier alpha value is -0.410. The molecular weight excluding hydrogens is 250 g/mol. The molecule has 4 fully saturated rings. The maximum atomic E-state index is 12.7. The molecule has 0 aromatic heterocycles. The Morgan fingerprint density at radius 2 is 2.15 bits per heavy atom. The zero-order chi connectivity index (χ0) is 14.1. The highest BCUT2D eigenvalue weighted by molar-refractivity contribution is 5.86. The van der Waals surface area contributed by atoms with Crippen LogP contribution in [0.25, 0.3) is 0 Å². The first kappa shape index (κ1) is 13.3. The van der Waals surface area contributed by atoms with Crippen LogP contribution in [0.2, 0.25) is 0 Å². The summed E-state index contributed by atoms with van der Waals surface area (Å²) in [6, 6.07) is 0. The van der Waals surface area contributed by atoms with Crippen LogP contribution in [0.3, 0.4) is 0 Å². The van der Waals surface area contributed by atoms with Crippen molar-refractivity contribution in [3.05, 3.63) is 0 Å². The highest BCUT2D eigenvalue weighted by atomic mass is 16.3. The van der Waals surface area contributed by atoms with E-state index in [1.54, 1.807) is 0 Å². The molecule has 1 saturated heterocycles. The maximum Gasteiger partial charge on any atom is 0.137 e. The van der Waals surface area contributed by atoms with Crippen LogP contribution in [0, 0.1) is 35.0 Å². The molecule has 1 heterocycles. The number of Topliss-reactive ketones (excluding diaryl/α,β-unsaturated/α-hetero) is 1. The van der Waals surface area contributed by atoms with E-state index in [0.29, 0.717) is 29.5 Å². The van der Waals surface area contributed by atoms with Crippen LogP contribution in [0.15, 0.2) is 0 Å². The molecule has 1 N–H and O–H groups in total. The van der Waals surface area contributed by atoms with Gasteiger partial charge in [0, 0.05) is 24.3 Å². The molecule has 20 heavy (non-hydrogen) atoms. The normalized spacial score (nSPS) is 55.5. The average Bonchev–Trinajstić information content (AvgIpc) is 2.83. The van der Waals surface area contributed by atoms with E-state index >= 15 is 0 Å². The molecule has 3 aliphatic carbocycles. The van der Waals surface area contributed by atoms with Crippen LogP contribution in [0.1, 0.15) is 39.0 Å². The SMILES string of the molecule is C[C@@H]1C[C@H]2CC(=O)[C@@H]3C4CCN(C)CC4C[C@]23[C@@H](O)C1. The van der Waals surface area contributed by atoms with Crippen LogP contribution in [-0.4, -0.2) is 42.0 Å². The predicted molar refractivity (Wildman–Crippen MR) is 77.2 cm³/mol. The minimum Gasteiger partial charge on any atom is -0.393 e. The van der Waals surface area contributed by atoms with Gasteiger partial charge in [0.05, 0.1) is 6.10 Å². The molecule has 4 rings (SSSR count). The molecule has 0 aromatic carbocycles. The van der Waals surface area contributed by atoms with Gasteiger partial charge in [0.2, 0.25) is 0 Å². The van der Waals surface area contributed by atoms with Crippen molar-refractivity contribution in [1.82, 2.24) is 4.90 Å². The zero-order valence-corrected chi connectivity index (χ0v) is 12.7. The molecule has 0 radical (unpaired) electrons. The standard InChI is InChI=1S/C17H27NO2/c1-10-5-12-7-14(19)16-13-3-4-18(2)9-11(13)8-17(12,16)15(20)6-10/h10-13,15-16,20H,3-9H2,1-2H3/t10-,11?,12+,13?,15+,16+,17-/m1/s1. The van der Waals surface area contributed by atoms with E-state index in [4.69, 9.17) is 0 Å². The Morgan fingerprint density at radius 3 is 2.95 bits per heavy atom. The Bertz CT molecular complexity index is 437. The second-order valence-electron chi connectivity index (χ2n) is 8.23. The number of hydrogen-bond donors (Lipinski definition) is 1. The number of rotatable bonds is 0. The average molecular weight is 277 g/mol. The van der Waals surface area contributed by atoms with Crippen molar-refractivity contribution < 1.29 is 9.90 Å². The summed E-state index contributed by atoms with van der Waals surface area (Å²) in [6.45, 7) is 4.49. The van der Waals surface area contributed by atoms with E-state index in [1.807, 2.05) is 0 Å². The molecule has 0 bridgehead atoms. The highest BCUT2D eigenvalue weighted by Gasteiger charge is 2.67. The lowest BCUT2D eigenvalue weighted by Gasteiger charge is -2.46. The summed E-state index contributed by atoms with van der Waals surface area (Å²) in [5.41, 5.74) is -0.0376. The van der Waals surface area contributed by atoms with E-state index in [9.17, 15) is 9.90 Å². The van der Waals surface area contributed by atoms with E-state index in [1.165, 1.54) is 0 Å². The number of piperidine rings is 1. The first-order valence-electron chi connectivity index (χ1n) is 8.41. The maximum absolute atomic E-state index is 12.7. The van der Waals surface area contributed by atoms with Crippen molar-refractivity contribution in [2.45, 2.75) is 45.1 Å². The lowest BCUT2D eigenvalue weighted by Crippen LogP contribution is -2.47. The van der Waals surface area contributed by atoms with Gasteiger partial charge >= 0.3 is 0 Å². The summed E-state index contributed by atoms with van der Waals surface area (Å²) < 4.78 is 0. The third-order valence-electron chi connectivity index (χ3n) is 7.11. The smallest absolute Gasteiger partial charge is 0.137 e. The third-order valence-corrected chi connectivity index (χ3v) is 7.11. The topological polar surface area (TPSA) is 40.5 Å². The fraction of sp³-hybridized carbons (Fsp3) is 0.941. The van der Waals surface area contributed by atoms with Crippen LogP contribution in [0.5, 0.6) is 0 Å². The molecule has 112 valence electrons. The molecule has 7 atom stereocenters. The molecule has 1 spiro atoms. The van der Waals surface area contributed by atoms with Crippen LogP contribution < -0.4 is 0 Å². The summed E-state index contributed by atoms with van der Waals surface area (Å²) in [5.74, 6) is 2.93. The lowest BCUT2D eigenvalue weighted by atomic mass is 9.60. The number of likely N-dealkylation sites (tertiary alicyclic amines) is 1. The van der Waals surface area contributed by atoms with Gasteiger partial charge in [0.1, 0.15) is 5.78 Å². The molecule has 4 aliphatic rings. The Morgan fingerprint density at radius 1 is 1.35 bits per heavy atom. The number of fused-ring (bicyclic) bond motifs is 2. The largest absolute Gasteiger partial charge is 0.393 e. The lowest BCUT2D eigenvalue weighted by molar-refractivity contribution is -0.126. The number of ketones is 1. The van der Waals surface area contributed by atoms with Gasteiger partial charge in [-0.3, -0.25) is 4.79 Å². The molecule has 0 aromatic rings. The molecule has 0 amide bonds. The van der Waals surface area contributed by atoms with E-state index < -0.39 is 0 Å². The zero-order valence-electron chi connectivity index (χ0n) is 12.7. The van der Waals surface area contributed by atoms with Gasteiger partial charge in [0.15, 0.2) is 0 Å². The fourth-order valence-corrected chi connectivity index (χ4v) is 6.49. The molecule has 3 heteroatoms. The number of aliphatic hydroxyl groups excluding tert-OH is 1. The van der Waals surface area contributed by atoms with Gasteiger partial charge in [-0.25, -0.2) is 0 Å². The number of carbonyl (C=O) groups is 1. The second-order valence-corrected chi connectivity index (χ2v) is 8.23. The highest BCUT2D eigenvalue weighted by Crippen LogP contribution is 2.67. The van der Waals surface area contributed by atoms with E-state index in [-0.39, 0.29) is 17.4 Å². The monoisotopic (exact) mass is 277 g/mol. The minimum atomic E-state index is -0.233. The van der Waals surface area contributed by atoms with Gasteiger partial charge in [-0.15, -0.1) is 0 Å². The Labute approximate surface area is 121 Å². The van der Waals surface area contributed by atoms with Crippen molar-refractivity contribution in [2.24, 2.45) is 35.0 Å². The van der Waals surface area contributed by atoms with E-state index in [2.05, 4.69) is 18.9 Å². The number of hydrogen-bond acceptors (Lipinski definition) is 3. The molecular formula is C17H27NO2. The summed E-state index contributed by atoms with van der Waals surface area (Å²) in [7, 11) is 2.20. The van der Waals surface area contributed by atoms with Crippen LogP contribution in [-0.2, 0) is 4.79 Å². The Kier molecular flexibility index (Phi) is 2.85. The van der Waals surface area contributed by atoms with Gasteiger partial charge in [-0.2, -0.15) is 0 Å². The van der Waals surface area contributed by atoms with Crippen molar-refractivity contribution >= 4 is 5.78 Å². The summed E-state index contributed by atoms with van der Waals surface area (Å²) in [5, 5.41) is 10.9. The van der Waals surface area contributed by atoms with Crippen molar-refractivity contribution in [2.75, 3.05) is 20.1 Å². The first-order chi connectivity index (χ1) is 9.52. The van der Waals surface area contributed by atoms with Crippen molar-refractivity contribution in [3.63, 3.8) is 0 Å². The Balaban J connectivity index is 1.72. The van der Waals surface area contributed by atoms with Crippen LogP contribution in [0.4, 0.5) is 0 Å². The number of aliphatic hydroxyl groups is 1. The molecule has 1 aliphatic heterocycles. The van der Waals surface area contributed by atoms with Gasteiger partial charge < -0.3 is 10.0 Å². The summed E-state index contributed by atoms with van der Waals surface area (Å²) in [6.07, 6.45) is 4.86. The molecule has 3 nitrogen and oxygen atoms in total. The van der Waals surface area contributed by atoms with Gasteiger partial charge in [0.25, 0.3) is 0 Å². The fourth-order valence-electron chi connectivity index (χ4n) is 6.49. The van der Waals surface area contributed by atoms with Gasteiger partial charge in [-0.05, 0) is 62.9 Å².